The van der Waals surface area contributed by atoms with Crippen LogP contribution in [0.4, 0.5) is 31.5 Å². The van der Waals surface area contributed by atoms with Gasteiger partial charge in [0.2, 0.25) is 52.6 Å². The maximum atomic E-state index is 14.9. The number of ether oxygens (including phenoxy) is 3. The number of fused-ring (bicyclic) bond motifs is 1. The van der Waals surface area contributed by atoms with Crippen LogP contribution >= 0.6 is 0 Å². The van der Waals surface area contributed by atoms with Crippen LogP contribution in [0.5, 0.6) is 5.75 Å². The van der Waals surface area contributed by atoms with Crippen molar-refractivity contribution in [1.82, 2.24) is 25.4 Å². The minimum Gasteiger partial charge on any atom is -0.445 e. The highest BCUT2D eigenvalue weighted by molar-refractivity contribution is 5.97. The van der Waals surface area contributed by atoms with E-state index in [4.69, 9.17) is 14.2 Å². The lowest BCUT2D eigenvalue weighted by atomic mass is 9.94. The van der Waals surface area contributed by atoms with Crippen molar-refractivity contribution in [3.63, 3.8) is 0 Å². The van der Waals surface area contributed by atoms with Gasteiger partial charge in [-0.25, -0.2) is 27.6 Å². The number of Topliss-reactive ketones (excluding diaryl/α,β-unsaturated/α-hetero) is 1. The summed E-state index contributed by atoms with van der Waals surface area (Å²) in [5.74, 6) is -18.4. The monoisotopic (exact) mass is 1010 g/mol. The number of carbonyl (C=O) groups is 7. The number of halogens is 5. The molecule has 0 radical (unpaired) electrons. The van der Waals surface area contributed by atoms with Crippen LogP contribution in [0.2, 0.25) is 0 Å². The van der Waals surface area contributed by atoms with Gasteiger partial charge >= 0.3 is 18.2 Å². The van der Waals surface area contributed by atoms with E-state index in [1.54, 1.807) is 96.1 Å². The lowest BCUT2D eigenvalue weighted by Crippen LogP contribution is -2.61. The molecule has 5 atom stereocenters. The van der Waals surface area contributed by atoms with Crippen molar-refractivity contribution in [3.05, 3.63) is 101 Å². The second kappa shape index (κ2) is 25.5. The van der Waals surface area contributed by atoms with Crippen LogP contribution in [-0.2, 0) is 46.5 Å². The summed E-state index contributed by atoms with van der Waals surface area (Å²) in [5, 5.41) is 8.61. The Morgan fingerprint density at radius 3 is 2.06 bits per heavy atom. The molecular weight excluding hydrogens is 950 g/mol. The van der Waals surface area contributed by atoms with E-state index in [-0.39, 0.29) is 44.6 Å². The van der Waals surface area contributed by atoms with E-state index in [1.807, 2.05) is 0 Å². The molecule has 5 rings (SSSR count). The summed E-state index contributed by atoms with van der Waals surface area (Å²) in [7, 11) is 0. The van der Waals surface area contributed by atoms with Crippen molar-refractivity contribution < 1.29 is 69.7 Å². The number of benzene rings is 3. The van der Waals surface area contributed by atoms with Crippen molar-refractivity contribution in [2.45, 2.75) is 149 Å². The first-order chi connectivity index (χ1) is 34.1. The number of amides is 4. The summed E-state index contributed by atoms with van der Waals surface area (Å²) < 4.78 is 88.4. The summed E-state index contributed by atoms with van der Waals surface area (Å²) in [4.78, 5) is 97.3. The zero-order valence-electron chi connectivity index (χ0n) is 41.2. The summed E-state index contributed by atoms with van der Waals surface area (Å²) >= 11 is 0. The zero-order valence-corrected chi connectivity index (χ0v) is 41.2. The molecule has 0 unspecified atom stereocenters. The van der Waals surface area contributed by atoms with Crippen molar-refractivity contribution in [1.29, 1.82) is 0 Å². The minimum atomic E-state index is -2.46. The number of piperidine rings is 1. The molecule has 1 aliphatic heterocycles. The number of likely N-dealkylation sites (tertiary alicyclic amines) is 1. The van der Waals surface area contributed by atoms with Crippen LogP contribution in [0.1, 0.15) is 117 Å². The standard InChI is InChI=1S/C52H62F5N5O10/c1-7-30(3)44(48(66)61-26-18-17-25-38(61)49(67)71-45-42(56)40(54)39(53)41(55)43(45)57)60-47(65)36(27-32-28-62(51(69)72-52(4,5)6)37-24-16-15-22-34(32)37)58-46(64)35(23-14-10-13-21-33(63)8-2)59-50(68)70-29-31-19-11-9-12-20-31/h9,11-12,15-16,19-20,22,24,28,30,35-36,38,44H,7-8,10,13-14,17-18,21,23,25-27,29H2,1-6H3,(H,58,64)(H,59,68)(H,60,65)/t30-,35-,36-,38+,44-/m0/s1. The third-order valence-electron chi connectivity index (χ3n) is 12.3. The van der Waals surface area contributed by atoms with Crippen LogP contribution in [0.3, 0.4) is 0 Å². The predicted octanol–water partition coefficient (Wildman–Crippen LogP) is 8.89. The number of esters is 1. The number of unbranched alkanes of at least 4 members (excludes halogenated alkanes) is 2. The normalized spacial score (nSPS) is 15.4. The van der Waals surface area contributed by atoms with Gasteiger partial charge in [0.25, 0.3) is 0 Å². The van der Waals surface area contributed by atoms with Gasteiger partial charge in [-0.2, -0.15) is 8.78 Å². The maximum Gasteiger partial charge on any atom is 0.419 e. The van der Waals surface area contributed by atoms with E-state index in [1.165, 1.54) is 10.8 Å². The Kier molecular flexibility index (Phi) is 19.9. The van der Waals surface area contributed by atoms with Crippen LogP contribution in [0.25, 0.3) is 10.9 Å². The molecule has 20 heteroatoms. The number of ketones is 1. The number of nitrogens with one attached hydrogen (secondary N) is 3. The molecular formula is C52H62F5N5O10. The molecule has 15 nitrogen and oxygen atoms in total. The molecule has 1 aliphatic rings. The molecule has 1 aromatic heterocycles. The molecule has 0 spiro atoms. The summed E-state index contributed by atoms with van der Waals surface area (Å²) in [6.07, 6.45) is 2.49. The Bertz CT molecular complexity index is 2580. The van der Waals surface area contributed by atoms with Gasteiger partial charge in [-0.1, -0.05) is 88.6 Å². The molecule has 3 aromatic carbocycles. The highest BCUT2D eigenvalue weighted by Crippen LogP contribution is 2.31. The van der Waals surface area contributed by atoms with Gasteiger partial charge in [0.1, 0.15) is 42.2 Å². The van der Waals surface area contributed by atoms with E-state index in [0.717, 1.165) is 4.90 Å². The molecule has 4 amide bonds. The van der Waals surface area contributed by atoms with Gasteiger partial charge in [-0.05, 0) is 76.0 Å². The van der Waals surface area contributed by atoms with Crippen molar-refractivity contribution in [2.75, 3.05) is 6.54 Å². The number of hydrogen-bond donors (Lipinski definition) is 3. The molecule has 0 bridgehead atoms. The van der Waals surface area contributed by atoms with Crippen molar-refractivity contribution in [3.8, 4) is 5.75 Å². The first-order valence-corrected chi connectivity index (χ1v) is 24.1. The number of carbonyl (C=O) groups excluding carboxylic acids is 7. The third kappa shape index (κ3) is 14.6. The average molecular weight is 1010 g/mol. The SMILES string of the molecule is CCC(=O)CCCCC[C@H](NC(=O)OCc1ccccc1)C(=O)N[C@@H](Cc1cn(C(=O)OC(C)(C)C)c2ccccc12)C(=O)N[C@H](C(=O)N1CCCC[C@@H]1C(=O)Oc1c(F)c(F)c(F)c(F)c1F)[C@@H](C)CC. The highest BCUT2D eigenvalue weighted by Gasteiger charge is 2.41. The lowest BCUT2D eigenvalue weighted by Gasteiger charge is -2.38. The number of rotatable bonds is 21. The Morgan fingerprint density at radius 2 is 1.40 bits per heavy atom. The molecule has 1 fully saturated rings. The Balaban J connectivity index is 1.48. The third-order valence-corrected chi connectivity index (χ3v) is 12.3. The number of hydrogen-bond acceptors (Lipinski definition) is 10. The van der Waals surface area contributed by atoms with Gasteiger partial charge in [-0.3, -0.25) is 23.7 Å². The lowest BCUT2D eigenvalue weighted by molar-refractivity contribution is -0.152. The fourth-order valence-electron chi connectivity index (χ4n) is 8.18. The van der Waals surface area contributed by atoms with Crippen LogP contribution in [0.15, 0.2) is 60.8 Å². The second-order valence-corrected chi connectivity index (χ2v) is 18.8. The summed E-state index contributed by atoms with van der Waals surface area (Å²) in [6.45, 7) is 9.94. The first kappa shape index (κ1) is 56.1. The molecule has 3 N–H and O–H groups in total. The van der Waals surface area contributed by atoms with Gasteiger partial charge in [0.15, 0.2) is 0 Å². The number of para-hydroxylation sites is 1. The maximum absolute atomic E-state index is 14.9. The Morgan fingerprint density at radius 1 is 0.764 bits per heavy atom. The molecule has 0 aliphatic carbocycles. The predicted molar refractivity (Wildman–Crippen MR) is 254 cm³/mol. The van der Waals surface area contributed by atoms with E-state index in [9.17, 15) is 55.5 Å². The van der Waals surface area contributed by atoms with Crippen molar-refractivity contribution in [2.24, 2.45) is 5.92 Å². The fourth-order valence-corrected chi connectivity index (χ4v) is 8.18. The van der Waals surface area contributed by atoms with Gasteiger partial charge in [0, 0.05) is 37.4 Å². The second-order valence-electron chi connectivity index (χ2n) is 18.8. The van der Waals surface area contributed by atoms with Crippen LogP contribution < -0.4 is 20.7 Å². The zero-order chi connectivity index (χ0) is 52.9. The molecule has 4 aromatic rings. The van der Waals surface area contributed by atoms with E-state index < -0.39 is 106 Å². The molecule has 0 saturated carbocycles. The number of alkyl carbamates (subject to hydrolysis) is 1. The topological polar surface area (TPSA) is 191 Å². The largest absolute Gasteiger partial charge is 0.445 e. The van der Waals surface area contributed by atoms with Gasteiger partial charge in [0.05, 0.1) is 5.52 Å². The number of nitrogens with zero attached hydrogens (tertiary/aromatic N) is 2. The van der Waals surface area contributed by atoms with E-state index in [2.05, 4.69) is 16.0 Å². The molecule has 72 heavy (non-hydrogen) atoms. The first-order valence-electron chi connectivity index (χ1n) is 24.1. The quantitative estimate of drug-likeness (QED) is 0.0181. The molecule has 390 valence electrons. The Hall–Kier alpha value is -6.86. The van der Waals surface area contributed by atoms with Crippen molar-refractivity contribution >= 4 is 52.6 Å². The average Bonchev–Trinajstić information content (AvgIpc) is 3.74. The number of aromatic nitrogens is 1. The Labute approximate surface area is 414 Å². The molecule has 2 heterocycles. The van der Waals surface area contributed by atoms with Crippen LogP contribution in [0, 0.1) is 35.0 Å². The highest BCUT2D eigenvalue weighted by atomic mass is 19.2. The van der Waals surface area contributed by atoms with E-state index >= 15 is 0 Å². The molecule has 1 saturated heterocycles. The van der Waals surface area contributed by atoms with Gasteiger partial charge < -0.3 is 35.1 Å². The minimum absolute atomic E-state index is 0.0598. The van der Waals surface area contributed by atoms with Crippen LogP contribution in [-0.4, -0.2) is 87.4 Å². The smallest absolute Gasteiger partial charge is 0.419 e. The summed E-state index contributed by atoms with van der Waals surface area (Å²) in [5.41, 5.74) is 0.592. The van der Waals surface area contributed by atoms with Gasteiger partial charge in [-0.15, -0.1) is 0 Å². The van der Waals surface area contributed by atoms with E-state index in [0.29, 0.717) is 67.0 Å². The fraction of sp³-hybridized carbons (Fsp3) is 0.481. The summed E-state index contributed by atoms with van der Waals surface area (Å²) in [6, 6.07) is 9.75.